The predicted octanol–water partition coefficient (Wildman–Crippen LogP) is 1.57. The van der Waals surface area contributed by atoms with Gasteiger partial charge in [0.05, 0.1) is 12.1 Å². The quantitative estimate of drug-likeness (QED) is 0.802. The highest BCUT2D eigenvalue weighted by Crippen LogP contribution is 2.11. The highest BCUT2D eigenvalue weighted by molar-refractivity contribution is 7.13. The number of aromatic nitrogens is 1. The smallest absolute Gasteiger partial charge is 0.226 e. The Morgan fingerprint density at radius 2 is 2.27 bits per heavy atom. The Kier molecular flexibility index (Phi) is 4.55. The molecule has 5 heteroatoms. The Morgan fingerprint density at radius 1 is 1.60 bits per heavy atom. The molecule has 15 heavy (non-hydrogen) atoms. The number of nitrogens with one attached hydrogen (secondary N) is 1. The van der Waals surface area contributed by atoms with Crippen molar-refractivity contribution in [2.75, 3.05) is 5.73 Å². The summed E-state index contributed by atoms with van der Waals surface area (Å²) >= 11 is 1.36. The summed E-state index contributed by atoms with van der Waals surface area (Å²) < 4.78 is 0. The second-order valence-electron chi connectivity index (χ2n) is 3.43. The lowest BCUT2D eigenvalue weighted by Crippen LogP contribution is -2.34. The molecule has 0 spiro atoms. The maximum Gasteiger partial charge on any atom is 0.226 e. The SMILES string of the molecule is CCC(CC)NC(=O)Cc1csc(N)n1. The van der Waals surface area contributed by atoms with E-state index in [0.717, 1.165) is 18.5 Å². The molecule has 1 aromatic heterocycles. The minimum absolute atomic E-state index is 0.0222. The van der Waals surface area contributed by atoms with Gasteiger partial charge >= 0.3 is 0 Å². The van der Waals surface area contributed by atoms with Crippen LogP contribution in [0.1, 0.15) is 32.4 Å². The summed E-state index contributed by atoms with van der Waals surface area (Å²) in [5.41, 5.74) is 6.23. The second kappa shape index (κ2) is 5.70. The van der Waals surface area contributed by atoms with E-state index in [1.165, 1.54) is 11.3 Å². The van der Waals surface area contributed by atoms with Crippen molar-refractivity contribution >= 4 is 22.4 Å². The Hall–Kier alpha value is -1.10. The van der Waals surface area contributed by atoms with Crippen molar-refractivity contribution in [1.82, 2.24) is 10.3 Å². The van der Waals surface area contributed by atoms with Crippen LogP contribution in [0.5, 0.6) is 0 Å². The molecule has 0 unspecified atom stereocenters. The van der Waals surface area contributed by atoms with Gasteiger partial charge in [0.15, 0.2) is 5.13 Å². The van der Waals surface area contributed by atoms with Gasteiger partial charge in [0, 0.05) is 11.4 Å². The fourth-order valence-electron chi connectivity index (χ4n) is 1.34. The summed E-state index contributed by atoms with van der Waals surface area (Å²) in [6.45, 7) is 4.13. The molecule has 0 atom stereocenters. The van der Waals surface area contributed by atoms with Gasteiger partial charge in [-0.1, -0.05) is 13.8 Å². The van der Waals surface area contributed by atoms with Crippen LogP contribution < -0.4 is 11.1 Å². The van der Waals surface area contributed by atoms with E-state index >= 15 is 0 Å². The molecule has 0 saturated heterocycles. The van der Waals surface area contributed by atoms with Crippen molar-refractivity contribution < 1.29 is 4.79 Å². The van der Waals surface area contributed by atoms with Gasteiger partial charge in [-0.15, -0.1) is 11.3 Å². The molecule has 1 aromatic rings. The van der Waals surface area contributed by atoms with E-state index in [-0.39, 0.29) is 11.9 Å². The zero-order valence-electron chi connectivity index (χ0n) is 9.12. The molecule has 0 aliphatic carbocycles. The zero-order valence-corrected chi connectivity index (χ0v) is 9.93. The molecule has 0 fully saturated rings. The van der Waals surface area contributed by atoms with Crippen molar-refractivity contribution in [2.24, 2.45) is 0 Å². The van der Waals surface area contributed by atoms with Crippen LogP contribution in [0.25, 0.3) is 0 Å². The zero-order chi connectivity index (χ0) is 11.3. The van der Waals surface area contributed by atoms with Crippen LogP contribution in [0, 0.1) is 0 Å². The predicted molar refractivity (Wildman–Crippen MR) is 62.7 cm³/mol. The average molecular weight is 227 g/mol. The molecule has 1 rings (SSSR count). The first kappa shape index (κ1) is 12.0. The van der Waals surface area contributed by atoms with Crippen LogP contribution >= 0.6 is 11.3 Å². The van der Waals surface area contributed by atoms with E-state index in [1.807, 2.05) is 5.38 Å². The number of amides is 1. The Morgan fingerprint density at radius 3 is 2.73 bits per heavy atom. The standard InChI is InChI=1S/C10H17N3OS/c1-3-7(4-2)12-9(14)5-8-6-15-10(11)13-8/h6-7H,3-5H2,1-2H3,(H2,11,13)(H,12,14). The summed E-state index contributed by atoms with van der Waals surface area (Å²) in [6, 6.07) is 0.272. The molecule has 1 amide bonds. The Balaban J connectivity index is 2.42. The molecule has 84 valence electrons. The lowest BCUT2D eigenvalue weighted by molar-refractivity contribution is -0.121. The molecular weight excluding hydrogens is 210 g/mol. The number of carbonyl (C=O) groups excluding carboxylic acids is 1. The molecule has 0 radical (unpaired) electrons. The summed E-state index contributed by atoms with van der Waals surface area (Å²) in [5.74, 6) is 0.0222. The van der Waals surface area contributed by atoms with Crippen LogP contribution in [0.2, 0.25) is 0 Å². The van der Waals surface area contributed by atoms with E-state index in [2.05, 4.69) is 24.1 Å². The minimum Gasteiger partial charge on any atom is -0.375 e. The number of nitrogen functional groups attached to an aromatic ring is 1. The van der Waals surface area contributed by atoms with Gasteiger partial charge in [-0.05, 0) is 12.8 Å². The number of rotatable bonds is 5. The normalized spacial score (nSPS) is 10.6. The Bertz CT molecular complexity index is 320. The van der Waals surface area contributed by atoms with Crippen molar-refractivity contribution in [3.05, 3.63) is 11.1 Å². The van der Waals surface area contributed by atoms with Gasteiger partial charge in [-0.25, -0.2) is 4.98 Å². The van der Waals surface area contributed by atoms with Crippen LogP contribution in [-0.4, -0.2) is 16.9 Å². The highest BCUT2D eigenvalue weighted by Gasteiger charge is 2.10. The minimum atomic E-state index is 0.0222. The third-order valence-corrected chi connectivity index (χ3v) is 2.98. The lowest BCUT2D eigenvalue weighted by atomic mass is 10.1. The van der Waals surface area contributed by atoms with Crippen LogP contribution in [0.15, 0.2) is 5.38 Å². The van der Waals surface area contributed by atoms with Gasteiger partial charge in [-0.2, -0.15) is 0 Å². The molecule has 3 N–H and O–H groups in total. The first-order valence-electron chi connectivity index (χ1n) is 5.15. The fourth-order valence-corrected chi connectivity index (χ4v) is 1.90. The van der Waals surface area contributed by atoms with E-state index in [1.54, 1.807) is 0 Å². The van der Waals surface area contributed by atoms with Crippen molar-refractivity contribution in [3.63, 3.8) is 0 Å². The molecule has 0 aliphatic rings. The van der Waals surface area contributed by atoms with Gasteiger partial charge in [-0.3, -0.25) is 4.79 Å². The monoisotopic (exact) mass is 227 g/mol. The molecule has 4 nitrogen and oxygen atoms in total. The fraction of sp³-hybridized carbons (Fsp3) is 0.600. The number of nitrogens with two attached hydrogens (primary N) is 1. The van der Waals surface area contributed by atoms with Gasteiger partial charge in [0.25, 0.3) is 0 Å². The molecule has 0 bridgehead atoms. The third-order valence-electron chi connectivity index (χ3n) is 2.26. The van der Waals surface area contributed by atoms with Crippen LogP contribution in [0.4, 0.5) is 5.13 Å². The van der Waals surface area contributed by atoms with Gasteiger partial charge in [0.1, 0.15) is 0 Å². The number of carbonyl (C=O) groups is 1. The van der Waals surface area contributed by atoms with E-state index in [0.29, 0.717) is 11.6 Å². The maximum absolute atomic E-state index is 11.6. The number of hydrogen-bond acceptors (Lipinski definition) is 4. The topological polar surface area (TPSA) is 68.0 Å². The average Bonchev–Trinajstić information content (AvgIpc) is 2.60. The number of anilines is 1. The molecule has 1 heterocycles. The van der Waals surface area contributed by atoms with Gasteiger partial charge in [0.2, 0.25) is 5.91 Å². The van der Waals surface area contributed by atoms with Crippen molar-refractivity contribution in [3.8, 4) is 0 Å². The van der Waals surface area contributed by atoms with E-state index in [4.69, 9.17) is 5.73 Å². The third kappa shape index (κ3) is 3.87. The summed E-state index contributed by atoms with van der Waals surface area (Å²) in [4.78, 5) is 15.6. The molecular formula is C10H17N3OS. The number of thiazole rings is 1. The first-order chi connectivity index (χ1) is 7.15. The summed E-state index contributed by atoms with van der Waals surface area (Å²) in [5, 5.41) is 5.29. The maximum atomic E-state index is 11.6. The van der Waals surface area contributed by atoms with Crippen LogP contribution in [0.3, 0.4) is 0 Å². The highest BCUT2D eigenvalue weighted by atomic mass is 32.1. The molecule has 0 aromatic carbocycles. The van der Waals surface area contributed by atoms with E-state index < -0.39 is 0 Å². The van der Waals surface area contributed by atoms with Crippen molar-refractivity contribution in [1.29, 1.82) is 0 Å². The van der Waals surface area contributed by atoms with Gasteiger partial charge < -0.3 is 11.1 Å². The van der Waals surface area contributed by atoms with Crippen LogP contribution in [-0.2, 0) is 11.2 Å². The summed E-state index contributed by atoms with van der Waals surface area (Å²) in [7, 11) is 0. The largest absolute Gasteiger partial charge is 0.375 e. The number of nitrogens with zero attached hydrogens (tertiary/aromatic N) is 1. The van der Waals surface area contributed by atoms with E-state index in [9.17, 15) is 4.79 Å². The first-order valence-corrected chi connectivity index (χ1v) is 6.02. The Labute approximate surface area is 93.9 Å². The molecule has 0 saturated carbocycles. The number of hydrogen-bond donors (Lipinski definition) is 2. The summed E-state index contributed by atoms with van der Waals surface area (Å²) in [6.07, 6.45) is 2.24. The lowest BCUT2D eigenvalue weighted by Gasteiger charge is -2.13. The van der Waals surface area contributed by atoms with Crippen molar-refractivity contribution in [2.45, 2.75) is 39.2 Å². The molecule has 0 aliphatic heterocycles. The second-order valence-corrected chi connectivity index (χ2v) is 4.32.